The summed E-state index contributed by atoms with van der Waals surface area (Å²) in [7, 11) is 0. The topological polar surface area (TPSA) is 12.0 Å². The molecule has 0 spiro atoms. The lowest BCUT2D eigenvalue weighted by Gasteiger charge is -2.03. The third-order valence-electron chi connectivity index (χ3n) is 2.69. The predicted octanol–water partition coefficient (Wildman–Crippen LogP) is 4.54. The van der Waals surface area contributed by atoms with Gasteiger partial charge in [0.05, 0.1) is 0 Å². The van der Waals surface area contributed by atoms with Gasteiger partial charge in [-0.1, -0.05) is 74.5 Å². The molecule has 0 heterocycles. The molecule has 0 aromatic rings. The van der Waals surface area contributed by atoms with Gasteiger partial charge in [-0.25, -0.2) is 0 Å². The van der Waals surface area contributed by atoms with Crippen LogP contribution in [0.2, 0.25) is 0 Å². The van der Waals surface area contributed by atoms with E-state index in [0.717, 1.165) is 0 Å². The maximum absolute atomic E-state index is 3.49. The fourth-order valence-corrected chi connectivity index (χ4v) is 2.08. The molecule has 0 atom stereocenters. The molecule has 0 fully saturated rings. The molecule has 0 aromatic heterocycles. The number of alkyl halides is 1. The van der Waals surface area contributed by atoms with Crippen LogP contribution in [0, 0.1) is 0 Å². The Bertz CT molecular complexity index is 94.7. The highest BCUT2D eigenvalue weighted by Gasteiger charge is 1.91. The van der Waals surface area contributed by atoms with Gasteiger partial charge in [-0.2, -0.15) is 0 Å². The van der Waals surface area contributed by atoms with Gasteiger partial charge in [0.2, 0.25) is 0 Å². The molecule has 0 aromatic carbocycles. The molecule has 0 saturated heterocycles. The van der Waals surface area contributed by atoms with E-state index in [0.29, 0.717) is 0 Å². The highest BCUT2D eigenvalue weighted by Crippen LogP contribution is 2.07. The molecule has 0 aliphatic carbocycles. The largest absolute Gasteiger partial charge is 0.317 e. The number of unbranched alkanes of at least 4 members (excludes halogenated alkanes) is 7. The van der Waals surface area contributed by atoms with Crippen LogP contribution in [-0.4, -0.2) is 17.5 Å². The lowest BCUT2D eigenvalue weighted by Crippen LogP contribution is -2.16. The van der Waals surface area contributed by atoms with Crippen LogP contribution in [0.5, 0.6) is 0 Å². The summed E-state index contributed by atoms with van der Waals surface area (Å²) in [6.07, 6.45) is 12.7. The van der Waals surface area contributed by atoms with Gasteiger partial charge in [0.1, 0.15) is 0 Å². The second-order valence-electron chi connectivity index (χ2n) is 4.27. The molecular formula is C13H28IN. The van der Waals surface area contributed by atoms with Crippen LogP contribution in [0.4, 0.5) is 0 Å². The molecule has 0 radical (unpaired) electrons. The maximum atomic E-state index is 3.49. The summed E-state index contributed by atoms with van der Waals surface area (Å²) in [5.74, 6) is 0. The molecule has 0 aliphatic rings. The Hall–Kier alpha value is 0.690. The molecule has 92 valence electrons. The van der Waals surface area contributed by atoms with Crippen molar-refractivity contribution in [3.63, 3.8) is 0 Å². The Morgan fingerprint density at radius 2 is 1.27 bits per heavy atom. The van der Waals surface area contributed by atoms with Gasteiger partial charge in [0, 0.05) is 4.43 Å². The number of halogens is 1. The van der Waals surface area contributed by atoms with Crippen LogP contribution in [0.3, 0.4) is 0 Å². The SMILES string of the molecule is CCCCCCCCCCNCCCI. The zero-order valence-corrected chi connectivity index (χ0v) is 12.5. The first-order valence-corrected chi connectivity index (χ1v) is 8.21. The first kappa shape index (κ1) is 15.7. The van der Waals surface area contributed by atoms with Gasteiger partial charge in [0.25, 0.3) is 0 Å². The van der Waals surface area contributed by atoms with Gasteiger partial charge in [-0.05, 0) is 25.9 Å². The Balaban J connectivity index is 2.81. The van der Waals surface area contributed by atoms with Crippen LogP contribution < -0.4 is 5.32 Å². The molecule has 0 amide bonds. The predicted molar refractivity (Wildman–Crippen MR) is 79.0 cm³/mol. The summed E-state index contributed by atoms with van der Waals surface area (Å²) in [6, 6.07) is 0. The normalized spacial score (nSPS) is 10.8. The lowest BCUT2D eigenvalue weighted by molar-refractivity contribution is 0.555. The maximum Gasteiger partial charge on any atom is 0.000735 e. The van der Waals surface area contributed by atoms with E-state index in [-0.39, 0.29) is 0 Å². The fourth-order valence-electron chi connectivity index (χ4n) is 1.70. The third-order valence-corrected chi connectivity index (χ3v) is 3.46. The smallest absolute Gasteiger partial charge is 0.000735 e. The Labute approximate surface area is 110 Å². The van der Waals surface area contributed by atoms with Crippen LogP contribution in [0.15, 0.2) is 0 Å². The van der Waals surface area contributed by atoms with E-state index in [1.807, 2.05) is 0 Å². The fraction of sp³-hybridized carbons (Fsp3) is 1.00. The standard InChI is InChI=1S/C13H28IN/c1-2-3-4-5-6-7-8-9-12-15-13-10-11-14/h15H,2-13H2,1H3. The van der Waals surface area contributed by atoms with Gasteiger partial charge in [0.15, 0.2) is 0 Å². The van der Waals surface area contributed by atoms with Crippen molar-refractivity contribution in [2.45, 2.75) is 64.7 Å². The van der Waals surface area contributed by atoms with Crippen molar-refractivity contribution in [1.29, 1.82) is 0 Å². The van der Waals surface area contributed by atoms with Crippen LogP contribution in [0.25, 0.3) is 0 Å². The van der Waals surface area contributed by atoms with Crippen molar-refractivity contribution >= 4 is 22.6 Å². The molecule has 1 nitrogen and oxygen atoms in total. The lowest BCUT2D eigenvalue weighted by atomic mass is 10.1. The number of hydrogen-bond donors (Lipinski definition) is 1. The summed E-state index contributed by atoms with van der Waals surface area (Å²) < 4.78 is 1.28. The summed E-state index contributed by atoms with van der Waals surface area (Å²) >= 11 is 2.44. The van der Waals surface area contributed by atoms with Crippen molar-refractivity contribution in [3.8, 4) is 0 Å². The average molecular weight is 325 g/mol. The first-order chi connectivity index (χ1) is 7.41. The summed E-state index contributed by atoms with van der Waals surface area (Å²) in [5, 5.41) is 3.49. The van der Waals surface area contributed by atoms with Crippen LogP contribution in [0.1, 0.15) is 64.7 Å². The van der Waals surface area contributed by atoms with E-state index in [1.54, 1.807) is 0 Å². The Morgan fingerprint density at radius 1 is 0.733 bits per heavy atom. The minimum Gasteiger partial charge on any atom is -0.317 e. The molecule has 2 heteroatoms. The van der Waals surface area contributed by atoms with Crippen molar-refractivity contribution in [3.05, 3.63) is 0 Å². The quantitative estimate of drug-likeness (QED) is 0.315. The summed E-state index contributed by atoms with van der Waals surface area (Å²) in [5.41, 5.74) is 0. The van der Waals surface area contributed by atoms with Gasteiger partial charge in [-0.15, -0.1) is 0 Å². The van der Waals surface area contributed by atoms with Crippen LogP contribution in [-0.2, 0) is 0 Å². The Kier molecular flexibility index (Phi) is 15.4. The molecule has 0 bridgehead atoms. The molecular weight excluding hydrogens is 297 g/mol. The second kappa shape index (κ2) is 14.7. The number of nitrogens with one attached hydrogen (secondary N) is 1. The highest BCUT2D eigenvalue weighted by atomic mass is 127. The van der Waals surface area contributed by atoms with Crippen LogP contribution >= 0.6 is 22.6 Å². The number of rotatable bonds is 12. The summed E-state index contributed by atoms with van der Waals surface area (Å²) in [4.78, 5) is 0. The van der Waals surface area contributed by atoms with Crippen molar-refractivity contribution < 1.29 is 0 Å². The Morgan fingerprint density at radius 3 is 1.87 bits per heavy atom. The summed E-state index contributed by atoms with van der Waals surface area (Å²) in [6.45, 7) is 4.71. The van der Waals surface area contributed by atoms with Crippen molar-refractivity contribution in [2.75, 3.05) is 17.5 Å². The molecule has 0 saturated carbocycles. The molecule has 0 rings (SSSR count). The first-order valence-electron chi connectivity index (χ1n) is 6.68. The van der Waals surface area contributed by atoms with Gasteiger partial charge in [-0.3, -0.25) is 0 Å². The van der Waals surface area contributed by atoms with E-state index in [9.17, 15) is 0 Å². The minimum atomic E-state index is 1.21. The monoisotopic (exact) mass is 325 g/mol. The molecule has 1 N–H and O–H groups in total. The highest BCUT2D eigenvalue weighted by molar-refractivity contribution is 14.1. The number of hydrogen-bond acceptors (Lipinski definition) is 1. The van der Waals surface area contributed by atoms with Crippen molar-refractivity contribution in [2.24, 2.45) is 0 Å². The molecule has 0 aliphatic heterocycles. The zero-order valence-electron chi connectivity index (χ0n) is 10.4. The molecule has 0 unspecified atom stereocenters. The second-order valence-corrected chi connectivity index (χ2v) is 5.35. The molecule has 15 heavy (non-hydrogen) atoms. The third kappa shape index (κ3) is 14.7. The van der Waals surface area contributed by atoms with E-state index in [4.69, 9.17) is 0 Å². The van der Waals surface area contributed by atoms with Crippen molar-refractivity contribution in [1.82, 2.24) is 5.32 Å². The average Bonchev–Trinajstić information content (AvgIpc) is 2.26. The minimum absolute atomic E-state index is 1.21. The van der Waals surface area contributed by atoms with E-state index >= 15 is 0 Å². The van der Waals surface area contributed by atoms with Gasteiger partial charge >= 0.3 is 0 Å². The van der Waals surface area contributed by atoms with E-state index < -0.39 is 0 Å². The van der Waals surface area contributed by atoms with E-state index in [2.05, 4.69) is 34.8 Å². The van der Waals surface area contributed by atoms with Gasteiger partial charge < -0.3 is 5.32 Å². The van der Waals surface area contributed by atoms with E-state index in [1.165, 1.54) is 75.3 Å². The zero-order chi connectivity index (χ0) is 11.2.